The average molecular weight is 338 g/mol. The molecule has 0 radical (unpaired) electrons. The maximum atomic E-state index is 13.4. The number of rotatable bonds is 6. The Morgan fingerprint density at radius 2 is 2.22 bits per heavy atom. The molecule has 0 aliphatic carbocycles. The molecule has 1 atom stereocenters. The van der Waals surface area contributed by atoms with Gasteiger partial charge < -0.3 is 14.6 Å². The van der Waals surface area contributed by atoms with Gasteiger partial charge in [0.1, 0.15) is 11.6 Å². The van der Waals surface area contributed by atoms with Crippen LogP contribution in [0.15, 0.2) is 28.4 Å². The summed E-state index contributed by atoms with van der Waals surface area (Å²) in [4.78, 5) is 23.6. The molecule has 23 heavy (non-hydrogen) atoms. The maximum absolute atomic E-state index is 13.4. The van der Waals surface area contributed by atoms with E-state index in [2.05, 4.69) is 5.32 Å². The van der Waals surface area contributed by atoms with E-state index in [1.54, 1.807) is 16.9 Å². The lowest BCUT2D eigenvalue weighted by Crippen LogP contribution is -2.29. The molecule has 0 aliphatic heterocycles. The first kappa shape index (κ1) is 17.2. The number of hydrogen-bond donors (Lipinski definition) is 1. The lowest BCUT2D eigenvalue weighted by atomic mass is 10.1. The molecule has 1 aromatic heterocycles. The molecule has 1 aromatic carbocycles. The van der Waals surface area contributed by atoms with Crippen LogP contribution in [0.25, 0.3) is 0 Å². The lowest BCUT2D eigenvalue weighted by Gasteiger charge is -2.17. The van der Waals surface area contributed by atoms with E-state index < -0.39 is 6.04 Å². The first-order chi connectivity index (χ1) is 10.9. The number of nitrogens with zero attached hydrogens (tertiary/aromatic N) is 1. The van der Waals surface area contributed by atoms with Gasteiger partial charge in [-0.3, -0.25) is 9.59 Å². The highest BCUT2D eigenvalue weighted by Crippen LogP contribution is 2.25. The molecule has 124 valence electrons. The number of ether oxygens (including phenoxy) is 1. The zero-order valence-electron chi connectivity index (χ0n) is 13.3. The number of thiazole rings is 1. The van der Waals surface area contributed by atoms with Gasteiger partial charge in [0.15, 0.2) is 0 Å². The third kappa shape index (κ3) is 4.19. The maximum Gasteiger partial charge on any atom is 0.307 e. The zero-order valence-corrected chi connectivity index (χ0v) is 14.1. The second-order valence-electron chi connectivity index (χ2n) is 5.22. The number of aryl methyl sites for hydroxylation is 1. The molecule has 0 spiro atoms. The summed E-state index contributed by atoms with van der Waals surface area (Å²) in [5.41, 5.74) is 1.41. The quantitative estimate of drug-likeness (QED) is 0.881. The Morgan fingerprint density at radius 1 is 1.48 bits per heavy atom. The van der Waals surface area contributed by atoms with Crippen LogP contribution < -0.4 is 14.9 Å². The molecule has 0 saturated carbocycles. The van der Waals surface area contributed by atoms with Gasteiger partial charge in [-0.1, -0.05) is 11.3 Å². The summed E-state index contributed by atoms with van der Waals surface area (Å²) in [6, 6.07) is 3.79. The minimum Gasteiger partial charge on any atom is -0.496 e. The Morgan fingerprint density at radius 3 is 2.83 bits per heavy atom. The molecule has 5 nitrogen and oxygen atoms in total. The number of nitrogens with one attached hydrogen (secondary N) is 1. The summed E-state index contributed by atoms with van der Waals surface area (Å²) in [5, 5.41) is 4.57. The predicted octanol–water partition coefficient (Wildman–Crippen LogP) is 2.63. The van der Waals surface area contributed by atoms with Gasteiger partial charge in [-0.2, -0.15) is 0 Å². The number of hydrogen-bond acceptors (Lipinski definition) is 4. The standard InChI is InChI=1S/C16H19FN2O3S/c1-10-9-23-16(21)19(10)7-6-15(20)18-11(2)13-8-12(17)4-5-14(13)22-3/h4-5,8-9,11H,6-7H2,1-3H3,(H,18,20). The first-order valence-corrected chi connectivity index (χ1v) is 8.08. The van der Waals surface area contributed by atoms with Crippen LogP contribution in [0.4, 0.5) is 4.39 Å². The van der Waals surface area contributed by atoms with Crippen molar-refractivity contribution in [3.63, 3.8) is 0 Å². The van der Waals surface area contributed by atoms with Crippen molar-refractivity contribution in [3.8, 4) is 5.75 Å². The summed E-state index contributed by atoms with van der Waals surface area (Å²) < 4.78 is 20.2. The summed E-state index contributed by atoms with van der Waals surface area (Å²) in [6.07, 6.45) is 0.180. The Balaban J connectivity index is 2.00. The Kier molecular flexibility index (Phi) is 5.54. The minimum absolute atomic E-state index is 0.0739. The van der Waals surface area contributed by atoms with E-state index in [-0.39, 0.29) is 23.0 Å². The first-order valence-electron chi connectivity index (χ1n) is 7.20. The van der Waals surface area contributed by atoms with E-state index in [4.69, 9.17) is 4.74 Å². The second kappa shape index (κ2) is 7.41. The molecule has 2 aromatic rings. The number of methoxy groups -OCH3 is 1. The number of amides is 1. The molecule has 0 aliphatic rings. The van der Waals surface area contributed by atoms with Crippen LogP contribution >= 0.6 is 11.3 Å². The third-order valence-corrected chi connectivity index (χ3v) is 4.46. The topological polar surface area (TPSA) is 60.3 Å². The molecule has 0 bridgehead atoms. The van der Waals surface area contributed by atoms with Crippen molar-refractivity contribution in [2.24, 2.45) is 0 Å². The van der Waals surface area contributed by atoms with Crippen LogP contribution in [0.5, 0.6) is 5.75 Å². The highest BCUT2D eigenvalue weighted by molar-refractivity contribution is 7.07. The number of benzene rings is 1. The van der Waals surface area contributed by atoms with Crippen molar-refractivity contribution in [1.82, 2.24) is 9.88 Å². The van der Waals surface area contributed by atoms with E-state index >= 15 is 0 Å². The fraction of sp³-hybridized carbons (Fsp3) is 0.375. The monoisotopic (exact) mass is 338 g/mol. The Hall–Kier alpha value is -2.15. The minimum atomic E-state index is -0.395. The van der Waals surface area contributed by atoms with Crippen LogP contribution in [-0.2, 0) is 11.3 Å². The van der Waals surface area contributed by atoms with Gasteiger partial charge in [0.25, 0.3) is 0 Å². The van der Waals surface area contributed by atoms with Crippen molar-refractivity contribution in [2.75, 3.05) is 7.11 Å². The van der Waals surface area contributed by atoms with Gasteiger partial charge >= 0.3 is 4.87 Å². The fourth-order valence-corrected chi connectivity index (χ4v) is 3.08. The highest BCUT2D eigenvalue weighted by atomic mass is 32.1. The van der Waals surface area contributed by atoms with Gasteiger partial charge in [-0.25, -0.2) is 4.39 Å². The lowest BCUT2D eigenvalue weighted by molar-refractivity contribution is -0.121. The number of aromatic nitrogens is 1. The van der Waals surface area contributed by atoms with E-state index in [0.717, 1.165) is 17.0 Å². The summed E-state index contributed by atoms with van der Waals surface area (Å²) in [6.45, 7) is 3.92. The molecule has 1 heterocycles. The van der Waals surface area contributed by atoms with Crippen LogP contribution in [0, 0.1) is 12.7 Å². The average Bonchev–Trinajstić information content (AvgIpc) is 2.83. The molecule has 0 fully saturated rings. The number of carbonyl (C=O) groups is 1. The van der Waals surface area contributed by atoms with E-state index in [1.807, 2.05) is 6.92 Å². The Labute approximate surface area is 137 Å². The van der Waals surface area contributed by atoms with Crippen LogP contribution in [0.2, 0.25) is 0 Å². The van der Waals surface area contributed by atoms with E-state index in [9.17, 15) is 14.0 Å². The largest absolute Gasteiger partial charge is 0.496 e. The molecular formula is C16H19FN2O3S. The van der Waals surface area contributed by atoms with Crippen LogP contribution in [-0.4, -0.2) is 17.6 Å². The third-order valence-electron chi connectivity index (χ3n) is 3.57. The molecule has 1 N–H and O–H groups in total. The number of halogens is 1. The Bertz CT molecular complexity index is 754. The predicted molar refractivity (Wildman–Crippen MR) is 87.4 cm³/mol. The van der Waals surface area contributed by atoms with E-state index in [0.29, 0.717) is 17.9 Å². The highest BCUT2D eigenvalue weighted by Gasteiger charge is 2.15. The SMILES string of the molecule is COc1ccc(F)cc1C(C)NC(=O)CCn1c(C)csc1=O. The molecule has 7 heteroatoms. The molecule has 0 saturated heterocycles. The second-order valence-corrected chi connectivity index (χ2v) is 6.04. The van der Waals surface area contributed by atoms with Crippen molar-refractivity contribution < 1.29 is 13.9 Å². The van der Waals surface area contributed by atoms with Crippen molar-refractivity contribution in [2.45, 2.75) is 32.9 Å². The fourth-order valence-electron chi connectivity index (χ4n) is 2.32. The van der Waals surface area contributed by atoms with Gasteiger partial charge in [0.05, 0.1) is 13.2 Å². The van der Waals surface area contributed by atoms with Gasteiger partial charge in [-0.05, 0) is 32.0 Å². The van der Waals surface area contributed by atoms with Crippen molar-refractivity contribution in [1.29, 1.82) is 0 Å². The molecule has 2 rings (SSSR count). The van der Waals surface area contributed by atoms with Crippen molar-refractivity contribution >= 4 is 17.2 Å². The smallest absolute Gasteiger partial charge is 0.307 e. The van der Waals surface area contributed by atoms with Gasteiger partial charge in [0, 0.05) is 29.6 Å². The van der Waals surface area contributed by atoms with Gasteiger partial charge in [-0.15, -0.1) is 0 Å². The molecule has 1 unspecified atom stereocenters. The molecular weight excluding hydrogens is 319 g/mol. The van der Waals surface area contributed by atoms with Crippen molar-refractivity contribution in [3.05, 3.63) is 50.3 Å². The number of carbonyl (C=O) groups excluding carboxylic acids is 1. The van der Waals surface area contributed by atoms with Gasteiger partial charge in [0.2, 0.25) is 5.91 Å². The van der Waals surface area contributed by atoms with Crippen LogP contribution in [0.1, 0.15) is 30.6 Å². The summed E-state index contributed by atoms with van der Waals surface area (Å²) in [7, 11) is 1.50. The van der Waals surface area contributed by atoms with Crippen LogP contribution in [0.3, 0.4) is 0 Å². The normalized spacial score (nSPS) is 12.0. The molecule has 1 amide bonds. The van der Waals surface area contributed by atoms with E-state index in [1.165, 1.54) is 25.3 Å². The summed E-state index contributed by atoms with van der Waals surface area (Å²) in [5.74, 6) is -0.0761. The summed E-state index contributed by atoms with van der Waals surface area (Å²) >= 11 is 1.12. The zero-order chi connectivity index (χ0) is 17.0.